The predicted molar refractivity (Wildman–Crippen MR) is 94.1 cm³/mol. The Kier molecular flexibility index (Phi) is 6.28. The maximum atomic E-state index is 13.6. The quantitative estimate of drug-likeness (QED) is 0.766. The van der Waals surface area contributed by atoms with Gasteiger partial charge < -0.3 is 15.7 Å². The predicted octanol–water partition coefficient (Wildman–Crippen LogP) is 1.83. The van der Waals surface area contributed by atoms with E-state index in [2.05, 4.69) is 15.6 Å². The summed E-state index contributed by atoms with van der Waals surface area (Å²) < 4.78 is 13.6. The molecule has 0 saturated carbocycles. The van der Waals surface area contributed by atoms with E-state index in [4.69, 9.17) is 0 Å². The number of aliphatic hydroxyl groups excluding tert-OH is 1. The normalized spacial score (nSPS) is 22.9. The van der Waals surface area contributed by atoms with Crippen molar-refractivity contribution in [3.63, 3.8) is 0 Å². The van der Waals surface area contributed by atoms with E-state index in [-0.39, 0.29) is 19.0 Å². The van der Waals surface area contributed by atoms with Gasteiger partial charge in [0.05, 0.1) is 22.2 Å². The minimum absolute atomic E-state index is 0. The fourth-order valence-electron chi connectivity index (χ4n) is 2.58. The van der Waals surface area contributed by atoms with Gasteiger partial charge in [0.25, 0.3) is 0 Å². The van der Waals surface area contributed by atoms with Crippen molar-refractivity contribution in [2.45, 2.75) is 31.8 Å². The lowest BCUT2D eigenvalue weighted by molar-refractivity contribution is -0.124. The number of nitrogens with zero attached hydrogens (tertiary/aromatic N) is 1. The van der Waals surface area contributed by atoms with Crippen molar-refractivity contribution in [1.82, 2.24) is 15.6 Å². The van der Waals surface area contributed by atoms with Crippen molar-refractivity contribution < 1.29 is 14.3 Å². The van der Waals surface area contributed by atoms with Gasteiger partial charge in [0.2, 0.25) is 5.91 Å². The number of β-amino-alcohol motifs (C(OH)–C–C–N with tert-alkyl or cyclic N) is 1. The van der Waals surface area contributed by atoms with Crippen LogP contribution >= 0.6 is 23.7 Å². The molecule has 2 heterocycles. The Hall–Kier alpha value is -1.54. The summed E-state index contributed by atoms with van der Waals surface area (Å²) in [7, 11) is 0. The van der Waals surface area contributed by atoms with Gasteiger partial charge in [0.15, 0.2) is 6.17 Å². The largest absolute Gasteiger partial charge is 0.389 e. The highest BCUT2D eigenvalue weighted by atomic mass is 35.5. The fraction of sp³-hybridized carbons (Fsp3) is 0.375. The molecule has 3 rings (SSSR count). The van der Waals surface area contributed by atoms with Crippen LogP contribution in [0.1, 0.15) is 11.3 Å². The van der Waals surface area contributed by atoms with Crippen LogP contribution < -0.4 is 10.6 Å². The number of hydrogen-bond acceptors (Lipinski definition) is 5. The lowest BCUT2D eigenvalue weighted by Gasteiger charge is -2.14. The lowest BCUT2D eigenvalue weighted by Crippen LogP contribution is -2.45. The second-order valence-electron chi connectivity index (χ2n) is 5.58. The first-order valence-corrected chi connectivity index (χ1v) is 8.27. The van der Waals surface area contributed by atoms with Gasteiger partial charge in [-0.1, -0.05) is 24.3 Å². The van der Waals surface area contributed by atoms with E-state index in [0.29, 0.717) is 6.54 Å². The Morgan fingerprint density at radius 1 is 1.46 bits per heavy atom. The van der Waals surface area contributed by atoms with Gasteiger partial charge in [0.1, 0.15) is 6.04 Å². The molecular weight excluding hydrogens is 353 g/mol. The van der Waals surface area contributed by atoms with Crippen LogP contribution in [0, 0.1) is 6.92 Å². The molecule has 1 saturated heterocycles. The SMILES string of the molecule is Cc1ncsc1-c1ccc(CNC(=O)[C@H]2NC[C@H](O)[C@@H]2F)cc1.Cl. The number of halogens is 2. The molecule has 0 unspecified atom stereocenters. The molecule has 2 aromatic rings. The van der Waals surface area contributed by atoms with E-state index in [9.17, 15) is 14.3 Å². The van der Waals surface area contributed by atoms with Crippen LogP contribution in [0.2, 0.25) is 0 Å². The smallest absolute Gasteiger partial charge is 0.240 e. The lowest BCUT2D eigenvalue weighted by atomic mass is 10.1. The number of amides is 1. The maximum Gasteiger partial charge on any atom is 0.240 e. The number of nitrogens with one attached hydrogen (secondary N) is 2. The number of rotatable bonds is 4. The van der Waals surface area contributed by atoms with Gasteiger partial charge in [0, 0.05) is 13.1 Å². The average Bonchev–Trinajstić information content (AvgIpc) is 3.12. The molecule has 1 aliphatic rings. The number of carbonyl (C=O) groups excluding carboxylic acids is 1. The zero-order chi connectivity index (χ0) is 16.4. The molecule has 0 spiro atoms. The minimum Gasteiger partial charge on any atom is -0.389 e. The first kappa shape index (κ1) is 18.8. The van der Waals surface area contributed by atoms with Gasteiger partial charge in [-0.3, -0.25) is 4.79 Å². The van der Waals surface area contributed by atoms with Gasteiger partial charge in [-0.15, -0.1) is 23.7 Å². The molecule has 5 nitrogen and oxygen atoms in total. The Labute approximate surface area is 149 Å². The summed E-state index contributed by atoms with van der Waals surface area (Å²) >= 11 is 1.59. The van der Waals surface area contributed by atoms with E-state index in [1.54, 1.807) is 11.3 Å². The van der Waals surface area contributed by atoms with E-state index < -0.39 is 24.2 Å². The van der Waals surface area contributed by atoms with Crippen LogP contribution in [-0.2, 0) is 11.3 Å². The molecule has 24 heavy (non-hydrogen) atoms. The van der Waals surface area contributed by atoms with Crippen molar-refractivity contribution in [2.24, 2.45) is 0 Å². The summed E-state index contributed by atoms with van der Waals surface area (Å²) in [5, 5.41) is 14.7. The summed E-state index contributed by atoms with van der Waals surface area (Å²) in [4.78, 5) is 17.3. The Morgan fingerprint density at radius 2 is 2.17 bits per heavy atom. The zero-order valence-corrected chi connectivity index (χ0v) is 14.7. The van der Waals surface area contributed by atoms with Crippen LogP contribution in [0.4, 0.5) is 4.39 Å². The molecule has 1 aliphatic heterocycles. The average molecular weight is 372 g/mol. The molecule has 3 N–H and O–H groups in total. The Balaban J connectivity index is 0.00000208. The third-order valence-corrected chi connectivity index (χ3v) is 4.92. The van der Waals surface area contributed by atoms with Crippen molar-refractivity contribution >= 4 is 29.7 Å². The van der Waals surface area contributed by atoms with Gasteiger partial charge in [-0.2, -0.15) is 0 Å². The number of aryl methyl sites for hydroxylation is 1. The molecule has 0 aliphatic carbocycles. The van der Waals surface area contributed by atoms with E-state index in [1.807, 2.05) is 36.7 Å². The number of thiazole rings is 1. The number of aromatic nitrogens is 1. The highest BCUT2D eigenvalue weighted by Gasteiger charge is 2.39. The zero-order valence-electron chi connectivity index (χ0n) is 13.0. The minimum atomic E-state index is -1.56. The molecule has 8 heteroatoms. The van der Waals surface area contributed by atoms with Gasteiger partial charge >= 0.3 is 0 Å². The van der Waals surface area contributed by atoms with E-state index in [1.165, 1.54) is 0 Å². The number of alkyl halides is 1. The molecule has 1 aromatic carbocycles. The van der Waals surface area contributed by atoms with Crippen molar-refractivity contribution in [3.05, 3.63) is 41.0 Å². The Bertz CT molecular complexity index is 695. The first-order valence-electron chi connectivity index (χ1n) is 7.39. The van der Waals surface area contributed by atoms with Gasteiger partial charge in [-0.05, 0) is 18.1 Å². The summed E-state index contributed by atoms with van der Waals surface area (Å²) in [5.74, 6) is -0.434. The fourth-order valence-corrected chi connectivity index (χ4v) is 3.40. The number of hydrogen-bond donors (Lipinski definition) is 3. The highest BCUT2D eigenvalue weighted by molar-refractivity contribution is 7.13. The Morgan fingerprint density at radius 3 is 2.71 bits per heavy atom. The molecule has 0 bridgehead atoms. The molecular formula is C16H19ClFN3O2S. The van der Waals surface area contributed by atoms with Crippen LogP contribution in [0.25, 0.3) is 10.4 Å². The van der Waals surface area contributed by atoms with E-state index in [0.717, 1.165) is 21.7 Å². The van der Waals surface area contributed by atoms with Crippen LogP contribution in [0.5, 0.6) is 0 Å². The molecule has 1 amide bonds. The molecule has 1 aromatic heterocycles. The molecule has 130 valence electrons. The van der Waals surface area contributed by atoms with Crippen LogP contribution in [0.15, 0.2) is 29.8 Å². The third-order valence-electron chi connectivity index (χ3n) is 3.94. The van der Waals surface area contributed by atoms with Crippen molar-refractivity contribution in [1.29, 1.82) is 0 Å². The van der Waals surface area contributed by atoms with Gasteiger partial charge in [-0.25, -0.2) is 9.37 Å². The van der Waals surface area contributed by atoms with Crippen LogP contribution in [-0.4, -0.2) is 40.9 Å². The third kappa shape index (κ3) is 3.92. The maximum absolute atomic E-state index is 13.6. The van der Waals surface area contributed by atoms with Crippen molar-refractivity contribution in [3.8, 4) is 10.4 Å². The number of benzene rings is 1. The summed E-state index contributed by atoms with van der Waals surface area (Å²) in [6, 6.07) is 6.84. The number of carbonyl (C=O) groups is 1. The summed E-state index contributed by atoms with van der Waals surface area (Å²) in [6.07, 6.45) is -2.68. The van der Waals surface area contributed by atoms with E-state index >= 15 is 0 Å². The standard InChI is InChI=1S/C16H18FN3O2S.ClH/c1-9-15(23-8-20-9)11-4-2-10(3-5-11)6-19-16(22)14-13(17)12(21)7-18-14;/h2-5,8,12-14,18,21H,6-7H2,1H3,(H,19,22);1H/t12-,13-,14-;/m0./s1. The molecule has 0 radical (unpaired) electrons. The molecule has 3 atom stereocenters. The topological polar surface area (TPSA) is 74.2 Å². The second kappa shape index (κ2) is 8.02. The first-order chi connectivity index (χ1) is 11.1. The highest BCUT2D eigenvalue weighted by Crippen LogP contribution is 2.27. The van der Waals surface area contributed by atoms with Crippen molar-refractivity contribution in [2.75, 3.05) is 6.54 Å². The number of aliphatic hydroxyl groups is 1. The summed E-state index contributed by atoms with van der Waals surface area (Å²) in [6.45, 7) is 2.39. The van der Waals surface area contributed by atoms with Crippen LogP contribution in [0.3, 0.4) is 0 Å². The summed E-state index contributed by atoms with van der Waals surface area (Å²) in [5.41, 5.74) is 4.83. The molecule has 1 fully saturated rings. The second-order valence-corrected chi connectivity index (χ2v) is 6.43. The monoisotopic (exact) mass is 371 g/mol.